The van der Waals surface area contributed by atoms with Crippen LogP contribution in [0, 0.1) is 6.92 Å². The summed E-state index contributed by atoms with van der Waals surface area (Å²) in [6, 6.07) is 2.10. The first kappa shape index (κ1) is 11.6. The van der Waals surface area contributed by atoms with Gasteiger partial charge in [-0.05, 0) is 25.0 Å². The Bertz CT molecular complexity index is 476. The summed E-state index contributed by atoms with van der Waals surface area (Å²) in [5.41, 5.74) is 2.19. The van der Waals surface area contributed by atoms with E-state index < -0.39 is 0 Å². The summed E-state index contributed by atoms with van der Waals surface area (Å²) in [5, 5.41) is 3.34. The number of imidazole rings is 1. The van der Waals surface area contributed by atoms with Gasteiger partial charge in [-0.15, -0.1) is 0 Å². The molecule has 2 rings (SSSR count). The molecular formula is C13H18N4. The van der Waals surface area contributed by atoms with Gasteiger partial charge in [-0.3, -0.25) is 9.55 Å². The Labute approximate surface area is 102 Å². The minimum atomic E-state index is 0.880. The number of nitrogens with zero attached hydrogens (tertiary/aromatic N) is 3. The highest BCUT2D eigenvalue weighted by Crippen LogP contribution is 2.14. The second-order valence-electron chi connectivity index (χ2n) is 4.12. The standard InChI is InChI=1S/C13H18N4/c1-3-4-5-15-13-16-6-7-17(13)12-8-11(2)9-14-10-12/h6-10H,3-5H2,1-2H3,(H,15,16). The second kappa shape index (κ2) is 5.48. The topological polar surface area (TPSA) is 42.7 Å². The molecule has 4 heteroatoms. The molecule has 0 unspecified atom stereocenters. The summed E-state index contributed by atoms with van der Waals surface area (Å²) >= 11 is 0. The van der Waals surface area contributed by atoms with Crippen molar-refractivity contribution in [3.63, 3.8) is 0 Å². The zero-order valence-corrected chi connectivity index (χ0v) is 10.3. The van der Waals surface area contributed by atoms with E-state index in [1.54, 1.807) is 6.20 Å². The molecule has 0 aliphatic carbocycles. The van der Waals surface area contributed by atoms with Crippen LogP contribution in [0.1, 0.15) is 25.3 Å². The number of hydrogen-bond donors (Lipinski definition) is 1. The number of aromatic nitrogens is 3. The van der Waals surface area contributed by atoms with E-state index in [1.807, 2.05) is 30.1 Å². The van der Waals surface area contributed by atoms with Crippen LogP contribution in [-0.4, -0.2) is 21.1 Å². The molecule has 1 N–H and O–H groups in total. The van der Waals surface area contributed by atoms with Crippen molar-refractivity contribution in [1.82, 2.24) is 14.5 Å². The van der Waals surface area contributed by atoms with E-state index in [9.17, 15) is 0 Å². The minimum Gasteiger partial charge on any atom is -0.355 e. The van der Waals surface area contributed by atoms with E-state index in [0.29, 0.717) is 0 Å². The summed E-state index contributed by atoms with van der Waals surface area (Å²) in [7, 11) is 0. The summed E-state index contributed by atoms with van der Waals surface area (Å²) < 4.78 is 2.02. The normalized spacial score (nSPS) is 10.5. The van der Waals surface area contributed by atoms with E-state index in [2.05, 4.69) is 28.3 Å². The van der Waals surface area contributed by atoms with E-state index in [0.717, 1.165) is 30.2 Å². The van der Waals surface area contributed by atoms with Crippen molar-refractivity contribution in [2.24, 2.45) is 0 Å². The number of hydrogen-bond acceptors (Lipinski definition) is 3. The van der Waals surface area contributed by atoms with Crippen LogP contribution in [0.3, 0.4) is 0 Å². The lowest BCUT2D eigenvalue weighted by Crippen LogP contribution is -2.07. The SMILES string of the molecule is CCCCNc1nccn1-c1cncc(C)c1. The molecule has 2 heterocycles. The fraction of sp³-hybridized carbons (Fsp3) is 0.385. The summed E-state index contributed by atoms with van der Waals surface area (Å²) in [4.78, 5) is 8.52. The highest BCUT2D eigenvalue weighted by Gasteiger charge is 2.04. The number of unbranched alkanes of at least 4 members (excludes halogenated alkanes) is 1. The maximum absolute atomic E-state index is 4.32. The minimum absolute atomic E-state index is 0.880. The quantitative estimate of drug-likeness (QED) is 0.803. The molecule has 4 nitrogen and oxygen atoms in total. The lowest BCUT2D eigenvalue weighted by molar-refractivity contribution is 0.823. The van der Waals surface area contributed by atoms with Gasteiger partial charge in [-0.1, -0.05) is 13.3 Å². The van der Waals surface area contributed by atoms with Gasteiger partial charge in [0.1, 0.15) is 0 Å². The maximum atomic E-state index is 4.32. The van der Waals surface area contributed by atoms with Gasteiger partial charge in [0, 0.05) is 25.1 Å². The Hall–Kier alpha value is -1.84. The third-order valence-electron chi connectivity index (χ3n) is 2.59. The Morgan fingerprint density at radius 3 is 3.00 bits per heavy atom. The molecule has 90 valence electrons. The van der Waals surface area contributed by atoms with E-state index in [4.69, 9.17) is 0 Å². The molecule has 0 atom stereocenters. The van der Waals surface area contributed by atoms with Crippen molar-refractivity contribution in [1.29, 1.82) is 0 Å². The van der Waals surface area contributed by atoms with Gasteiger partial charge >= 0.3 is 0 Å². The average Bonchev–Trinajstić information content (AvgIpc) is 2.78. The fourth-order valence-electron chi connectivity index (χ4n) is 1.69. The Balaban J connectivity index is 2.18. The Morgan fingerprint density at radius 1 is 1.35 bits per heavy atom. The first-order chi connectivity index (χ1) is 8.31. The molecule has 0 aromatic carbocycles. The summed E-state index contributed by atoms with van der Waals surface area (Å²) in [6.07, 6.45) is 9.78. The third kappa shape index (κ3) is 2.84. The van der Waals surface area contributed by atoms with Crippen LogP contribution in [0.4, 0.5) is 5.95 Å². The summed E-state index contributed by atoms with van der Waals surface area (Å²) in [6.45, 7) is 5.17. The van der Waals surface area contributed by atoms with E-state index in [1.165, 1.54) is 6.42 Å². The van der Waals surface area contributed by atoms with Gasteiger partial charge in [0.15, 0.2) is 0 Å². The zero-order chi connectivity index (χ0) is 12.1. The van der Waals surface area contributed by atoms with Crippen LogP contribution in [0.2, 0.25) is 0 Å². The van der Waals surface area contributed by atoms with Crippen molar-refractivity contribution in [3.05, 3.63) is 36.4 Å². The van der Waals surface area contributed by atoms with Crippen LogP contribution in [-0.2, 0) is 0 Å². The molecule has 0 saturated carbocycles. The molecule has 2 aromatic heterocycles. The number of pyridine rings is 1. The van der Waals surface area contributed by atoms with E-state index >= 15 is 0 Å². The van der Waals surface area contributed by atoms with Crippen LogP contribution in [0.15, 0.2) is 30.9 Å². The Morgan fingerprint density at radius 2 is 2.24 bits per heavy atom. The lowest BCUT2D eigenvalue weighted by Gasteiger charge is -2.09. The smallest absolute Gasteiger partial charge is 0.207 e. The van der Waals surface area contributed by atoms with Gasteiger partial charge in [0.05, 0.1) is 11.9 Å². The fourth-order valence-corrected chi connectivity index (χ4v) is 1.69. The molecule has 0 bridgehead atoms. The van der Waals surface area contributed by atoms with Crippen molar-refractivity contribution in [2.45, 2.75) is 26.7 Å². The van der Waals surface area contributed by atoms with Crippen molar-refractivity contribution in [2.75, 3.05) is 11.9 Å². The number of aryl methyl sites for hydroxylation is 1. The van der Waals surface area contributed by atoms with Crippen LogP contribution >= 0.6 is 0 Å². The molecule has 17 heavy (non-hydrogen) atoms. The molecule has 0 saturated heterocycles. The molecule has 0 aliphatic rings. The maximum Gasteiger partial charge on any atom is 0.207 e. The molecule has 0 radical (unpaired) electrons. The van der Waals surface area contributed by atoms with Crippen LogP contribution < -0.4 is 5.32 Å². The van der Waals surface area contributed by atoms with Crippen molar-refractivity contribution >= 4 is 5.95 Å². The van der Waals surface area contributed by atoms with Gasteiger partial charge in [-0.2, -0.15) is 0 Å². The number of nitrogens with one attached hydrogen (secondary N) is 1. The highest BCUT2D eigenvalue weighted by atomic mass is 15.2. The largest absolute Gasteiger partial charge is 0.355 e. The molecule has 0 amide bonds. The molecular weight excluding hydrogens is 212 g/mol. The zero-order valence-electron chi connectivity index (χ0n) is 10.3. The van der Waals surface area contributed by atoms with Crippen LogP contribution in [0.25, 0.3) is 5.69 Å². The lowest BCUT2D eigenvalue weighted by atomic mass is 10.3. The second-order valence-corrected chi connectivity index (χ2v) is 4.12. The first-order valence-electron chi connectivity index (χ1n) is 6.00. The first-order valence-corrected chi connectivity index (χ1v) is 6.00. The molecule has 2 aromatic rings. The van der Waals surface area contributed by atoms with Crippen molar-refractivity contribution < 1.29 is 0 Å². The third-order valence-corrected chi connectivity index (χ3v) is 2.59. The predicted molar refractivity (Wildman–Crippen MR) is 69.5 cm³/mol. The van der Waals surface area contributed by atoms with Crippen LogP contribution in [0.5, 0.6) is 0 Å². The molecule has 0 spiro atoms. The molecule has 0 aliphatic heterocycles. The summed E-state index contributed by atoms with van der Waals surface area (Å²) in [5.74, 6) is 0.880. The Kier molecular flexibility index (Phi) is 3.75. The van der Waals surface area contributed by atoms with Gasteiger partial charge in [-0.25, -0.2) is 4.98 Å². The monoisotopic (exact) mass is 230 g/mol. The van der Waals surface area contributed by atoms with Gasteiger partial charge in [0.2, 0.25) is 5.95 Å². The van der Waals surface area contributed by atoms with Gasteiger partial charge in [0.25, 0.3) is 0 Å². The predicted octanol–water partition coefficient (Wildman–Crippen LogP) is 2.79. The number of rotatable bonds is 5. The van der Waals surface area contributed by atoms with E-state index in [-0.39, 0.29) is 0 Å². The van der Waals surface area contributed by atoms with Crippen molar-refractivity contribution in [3.8, 4) is 5.69 Å². The average molecular weight is 230 g/mol. The van der Waals surface area contributed by atoms with Gasteiger partial charge < -0.3 is 5.32 Å². The highest BCUT2D eigenvalue weighted by molar-refractivity contribution is 5.41. The number of anilines is 1. The molecule has 0 fully saturated rings.